The predicted molar refractivity (Wildman–Crippen MR) is 151 cm³/mol. The number of thiazole rings is 1. The highest BCUT2D eigenvalue weighted by molar-refractivity contribution is 9.10. The first kappa shape index (κ1) is 23.4. The Kier molecular flexibility index (Phi) is 6.77. The van der Waals surface area contributed by atoms with Crippen LogP contribution in [0.5, 0.6) is 5.75 Å². The van der Waals surface area contributed by atoms with Gasteiger partial charge in [-0.3, -0.25) is 10.1 Å². The molecule has 0 aliphatic heterocycles. The maximum absolute atomic E-state index is 12.4. The molecular weight excluding hydrogens is 542 g/mol. The zero-order valence-corrected chi connectivity index (χ0v) is 21.9. The van der Waals surface area contributed by atoms with Crippen molar-refractivity contribution in [3.8, 4) is 16.3 Å². The highest BCUT2D eigenvalue weighted by Gasteiger charge is 2.11. The fraction of sp³-hybridized carbons (Fsp3) is 0.0741. The monoisotopic (exact) mass is 561 g/mol. The molecule has 8 heteroatoms. The average molecular weight is 563 g/mol. The van der Waals surface area contributed by atoms with Crippen LogP contribution in [0, 0.1) is 6.92 Å². The molecule has 0 aliphatic rings. The molecule has 1 aromatic heterocycles. The lowest BCUT2D eigenvalue weighted by molar-refractivity contribution is -0.121. The van der Waals surface area contributed by atoms with Gasteiger partial charge in [-0.15, -0.1) is 11.3 Å². The minimum atomic E-state index is -0.344. The molecule has 5 rings (SSSR count). The molecule has 0 radical (unpaired) electrons. The number of fused-ring (bicyclic) bond motifs is 2. The first-order valence-electron chi connectivity index (χ1n) is 10.8. The molecule has 0 bridgehead atoms. The SMILES string of the molecule is Cc1ccc2nc(-c3ccc(NC(=S)NC(=O)COc4ccc5ccccc5c4Br)cc3)sc2c1. The molecule has 174 valence electrons. The summed E-state index contributed by atoms with van der Waals surface area (Å²) in [5.41, 5.74) is 4.02. The van der Waals surface area contributed by atoms with Crippen LogP contribution in [-0.4, -0.2) is 22.6 Å². The van der Waals surface area contributed by atoms with E-state index in [0.29, 0.717) is 5.75 Å². The number of halogens is 1. The number of anilines is 1. The molecule has 5 nitrogen and oxygen atoms in total. The first-order valence-corrected chi connectivity index (χ1v) is 12.9. The summed E-state index contributed by atoms with van der Waals surface area (Å²) in [5.74, 6) is 0.252. The van der Waals surface area contributed by atoms with Gasteiger partial charge in [0.05, 0.1) is 14.7 Å². The molecule has 4 aromatic carbocycles. The van der Waals surface area contributed by atoms with Gasteiger partial charge in [0.2, 0.25) is 0 Å². The smallest absolute Gasteiger partial charge is 0.264 e. The van der Waals surface area contributed by atoms with E-state index in [0.717, 1.165) is 37.0 Å². The van der Waals surface area contributed by atoms with Crippen LogP contribution in [0.15, 0.2) is 83.3 Å². The van der Waals surface area contributed by atoms with Crippen LogP contribution in [0.2, 0.25) is 0 Å². The van der Waals surface area contributed by atoms with Crippen molar-refractivity contribution >= 4 is 77.2 Å². The molecule has 1 amide bonds. The van der Waals surface area contributed by atoms with Gasteiger partial charge in [-0.2, -0.15) is 0 Å². The number of aromatic nitrogens is 1. The Labute approximate surface area is 220 Å². The number of thiocarbonyl (C=S) groups is 1. The quantitative estimate of drug-likeness (QED) is 0.224. The normalized spacial score (nSPS) is 10.9. The van der Waals surface area contributed by atoms with E-state index < -0.39 is 0 Å². The zero-order valence-electron chi connectivity index (χ0n) is 18.7. The highest BCUT2D eigenvalue weighted by Crippen LogP contribution is 2.33. The van der Waals surface area contributed by atoms with Crippen molar-refractivity contribution < 1.29 is 9.53 Å². The van der Waals surface area contributed by atoms with Gasteiger partial charge >= 0.3 is 0 Å². The number of carbonyl (C=O) groups is 1. The number of rotatable bonds is 5. The second-order valence-electron chi connectivity index (χ2n) is 7.96. The Hall–Kier alpha value is -3.33. The third-order valence-corrected chi connectivity index (χ3v) is 7.46. The fourth-order valence-electron chi connectivity index (χ4n) is 3.64. The second-order valence-corrected chi connectivity index (χ2v) is 10.2. The number of amides is 1. The van der Waals surface area contributed by atoms with Crippen LogP contribution in [0.25, 0.3) is 31.6 Å². The summed E-state index contributed by atoms with van der Waals surface area (Å²) in [6.45, 7) is 1.92. The van der Waals surface area contributed by atoms with E-state index in [1.54, 1.807) is 11.3 Å². The summed E-state index contributed by atoms with van der Waals surface area (Å²) in [4.78, 5) is 17.1. The summed E-state index contributed by atoms with van der Waals surface area (Å²) in [6, 6.07) is 25.8. The Balaban J connectivity index is 1.17. The van der Waals surface area contributed by atoms with E-state index in [2.05, 4.69) is 45.6 Å². The fourth-order valence-corrected chi connectivity index (χ4v) is 5.55. The van der Waals surface area contributed by atoms with Crippen molar-refractivity contribution in [2.24, 2.45) is 0 Å². The molecule has 0 spiro atoms. The van der Waals surface area contributed by atoms with Crippen LogP contribution >= 0.6 is 39.5 Å². The second kappa shape index (κ2) is 10.1. The van der Waals surface area contributed by atoms with Gasteiger partial charge in [-0.1, -0.05) is 36.4 Å². The summed E-state index contributed by atoms with van der Waals surface area (Å²) < 4.78 is 7.69. The number of ether oxygens (including phenoxy) is 1. The Bertz CT molecular complexity index is 1560. The Morgan fingerprint density at radius 1 is 1.06 bits per heavy atom. The van der Waals surface area contributed by atoms with Gasteiger partial charge < -0.3 is 10.1 Å². The number of nitrogens with one attached hydrogen (secondary N) is 2. The lowest BCUT2D eigenvalue weighted by Gasteiger charge is -2.12. The van der Waals surface area contributed by atoms with Crippen LogP contribution in [0.3, 0.4) is 0 Å². The molecule has 0 aliphatic carbocycles. The lowest BCUT2D eigenvalue weighted by Crippen LogP contribution is -2.37. The van der Waals surface area contributed by atoms with Crippen LogP contribution < -0.4 is 15.4 Å². The van der Waals surface area contributed by atoms with E-state index in [-0.39, 0.29) is 17.6 Å². The number of benzene rings is 4. The standard InChI is InChI=1S/C27H20BrN3O2S2/c1-16-6-12-21-23(14-16)35-26(30-21)18-7-10-19(11-8-18)29-27(34)31-24(32)15-33-22-13-9-17-4-2-3-5-20(17)25(22)28/h2-14H,15H2,1H3,(H2,29,31,32,34). The van der Waals surface area contributed by atoms with Crippen molar-refractivity contribution in [1.29, 1.82) is 0 Å². The predicted octanol–water partition coefficient (Wildman–Crippen LogP) is 7.08. The maximum Gasteiger partial charge on any atom is 0.264 e. The van der Waals surface area contributed by atoms with Crippen molar-refractivity contribution in [3.05, 3.63) is 88.9 Å². The summed E-state index contributed by atoms with van der Waals surface area (Å²) >= 11 is 10.5. The summed E-state index contributed by atoms with van der Waals surface area (Å²) in [7, 11) is 0. The third-order valence-electron chi connectivity index (χ3n) is 5.37. The number of nitrogens with zero attached hydrogens (tertiary/aromatic N) is 1. The molecule has 0 saturated heterocycles. The molecule has 0 fully saturated rings. The van der Waals surface area contributed by atoms with Gasteiger partial charge in [0, 0.05) is 11.3 Å². The molecule has 35 heavy (non-hydrogen) atoms. The summed E-state index contributed by atoms with van der Waals surface area (Å²) in [6.07, 6.45) is 0. The van der Waals surface area contributed by atoms with Crippen molar-refractivity contribution in [2.45, 2.75) is 6.92 Å². The maximum atomic E-state index is 12.4. The average Bonchev–Trinajstić information content (AvgIpc) is 3.27. The summed E-state index contributed by atoms with van der Waals surface area (Å²) in [5, 5.41) is 8.97. The van der Waals surface area contributed by atoms with Gasteiger partial charge in [0.25, 0.3) is 5.91 Å². The highest BCUT2D eigenvalue weighted by atomic mass is 79.9. The minimum absolute atomic E-state index is 0.158. The lowest BCUT2D eigenvalue weighted by atomic mass is 10.1. The van der Waals surface area contributed by atoms with E-state index in [1.165, 1.54) is 10.3 Å². The van der Waals surface area contributed by atoms with E-state index in [1.807, 2.05) is 66.7 Å². The number of carbonyl (C=O) groups excluding carboxylic acids is 1. The van der Waals surface area contributed by atoms with Crippen LogP contribution in [0.4, 0.5) is 5.69 Å². The molecule has 0 saturated carbocycles. The van der Waals surface area contributed by atoms with Crippen LogP contribution in [-0.2, 0) is 4.79 Å². The Morgan fingerprint density at radius 3 is 2.69 bits per heavy atom. The van der Waals surface area contributed by atoms with Crippen molar-refractivity contribution in [1.82, 2.24) is 10.3 Å². The zero-order chi connectivity index (χ0) is 24.4. The first-order chi connectivity index (χ1) is 17.0. The molecule has 1 heterocycles. The molecule has 5 aromatic rings. The number of aryl methyl sites for hydroxylation is 1. The van der Waals surface area contributed by atoms with Gasteiger partial charge in [-0.25, -0.2) is 4.98 Å². The van der Waals surface area contributed by atoms with Crippen molar-refractivity contribution in [2.75, 3.05) is 11.9 Å². The van der Waals surface area contributed by atoms with Gasteiger partial charge in [0.1, 0.15) is 10.8 Å². The Morgan fingerprint density at radius 2 is 1.86 bits per heavy atom. The third kappa shape index (κ3) is 5.35. The molecule has 0 atom stereocenters. The van der Waals surface area contributed by atoms with Gasteiger partial charge in [-0.05, 0) is 93.9 Å². The van der Waals surface area contributed by atoms with E-state index >= 15 is 0 Å². The largest absolute Gasteiger partial charge is 0.483 e. The van der Waals surface area contributed by atoms with Crippen molar-refractivity contribution in [3.63, 3.8) is 0 Å². The minimum Gasteiger partial charge on any atom is -0.483 e. The topological polar surface area (TPSA) is 63.2 Å². The number of hydrogen-bond acceptors (Lipinski definition) is 5. The van der Waals surface area contributed by atoms with Gasteiger partial charge in [0.15, 0.2) is 11.7 Å². The van der Waals surface area contributed by atoms with E-state index in [4.69, 9.17) is 21.9 Å². The number of hydrogen-bond donors (Lipinski definition) is 2. The van der Waals surface area contributed by atoms with E-state index in [9.17, 15) is 4.79 Å². The molecule has 0 unspecified atom stereocenters. The molecule has 2 N–H and O–H groups in total. The van der Waals surface area contributed by atoms with Crippen LogP contribution in [0.1, 0.15) is 5.56 Å². The molecular formula is C27H20BrN3O2S2.